The van der Waals surface area contributed by atoms with Crippen LogP contribution in [0, 0.1) is 17.6 Å². The third kappa shape index (κ3) is 2.51. The van der Waals surface area contributed by atoms with Gasteiger partial charge in [-0.15, -0.1) is 0 Å². The van der Waals surface area contributed by atoms with Crippen molar-refractivity contribution in [2.24, 2.45) is 5.92 Å². The van der Waals surface area contributed by atoms with Crippen LogP contribution in [0.5, 0.6) is 0 Å². The molecule has 0 fully saturated rings. The zero-order valence-corrected chi connectivity index (χ0v) is 10.5. The highest BCUT2D eigenvalue weighted by atomic mass is 19.1. The van der Waals surface area contributed by atoms with Gasteiger partial charge in [0, 0.05) is 0 Å². The maximum Gasteiger partial charge on any atom is 0.311 e. The van der Waals surface area contributed by atoms with Gasteiger partial charge in [0.2, 0.25) is 0 Å². The van der Waals surface area contributed by atoms with E-state index in [1.54, 1.807) is 6.92 Å². The fraction of sp³-hybridized carbons (Fsp3) is 0.462. The quantitative estimate of drug-likeness (QED) is 0.843. The van der Waals surface area contributed by atoms with E-state index in [0.29, 0.717) is 0 Å². The summed E-state index contributed by atoms with van der Waals surface area (Å²) in [6.07, 6.45) is 0.202. The molecule has 0 spiro atoms. The Labute approximate surface area is 104 Å². The first-order chi connectivity index (χ1) is 8.36. The molecule has 0 saturated heterocycles. The van der Waals surface area contributed by atoms with Crippen molar-refractivity contribution in [2.45, 2.75) is 25.9 Å². The molecule has 0 aliphatic heterocycles. The maximum atomic E-state index is 13.7. The maximum absolute atomic E-state index is 13.7. The van der Waals surface area contributed by atoms with Crippen LogP contribution >= 0.6 is 0 Å². The van der Waals surface area contributed by atoms with Crippen molar-refractivity contribution in [1.29, 1.82) is 0 Å². The van der Waals surface area contributed by atoms with Crippen LogP contribution in [-0.2, 0) is 15.1 Å². The normalized spacial score (nSPS) is 15.9. The minimum absolute atomic E-state index is 0.202. The van der Waals surface area contributed by atoms with Crippen molar-refractivity contribution in [3.63, 3.8) is 0 Å². The first-order valence-corrected chi connectivity index (χ1v) is 5.60. The molecule has 0 radical (unpaired) electrons. The smallest absolute Gasteiger partial charge is 0.311 e. The van der Waals surface area contributed by atoms with E-state index in [2.05, 4.69) is 4.74 Å². The van der Waals surface area contributed by atoms with Crippen LogP contribution in [0.25, 0.3) is 0 Å². The summed E-state index contributed by atoms with van der Waals surface area (Å²) < 4.78 is 31.9. The standard InChI is InChI=1S/C13H16F2O3/c1-4-8(12(16)18-3)13(2,17)11-9(14)6-5-7-10(11)15/h5-8,17H,4H2,1-3H3. The molecule has 0 aromatic heterocycles. The molecular weight excluding hydrogens is 242 g/mol. The van der Waals surface area contributed by atoms with Crippen molar-refractivity contribution in [3.05, 3.63) is 35.4 Å². The van der Waals surface area contributed by atoms with Crippen LogP contribution in [0.1, 0.15) is 25.8 Å². The average Bonchev–Trinajstić information content (AvgIpc) is 2.28. The summed E-state index contributed by atoms with van der Waals surface area (Å²) in [6, 6.07) is 3.27. The lowest BCUT2D eigenvalue weighted by molar-refractivity contribution is -0.156. The Bertz CT molecular complexity index is 424. The second kappa shape index (κ2) is 5.44. The monoisotopic (exact) mass is 258 g/mol. The second-order valence-corrected chi connectivity index (χ2v) is 4.23. The van der Waals surface area contributed by atoms with Gasteiger partial charge in [-0.2, -0.15) is 0 Å². The van der Waals surface area contributed by atoms with Crippen LogP contribution in [0.4, 0.5) is 8.78 Å². The highest BCUT2D eigenvalue weighted by Gasteiger charge is 2.42. The van der Waals surface area contributed by atoms with Gasteiger partial charge < -0.3 is 9.84 Å². The molecule has 1 aromatic carbocycles. The summed E-state index contributed by atoms with van der Waals surface area (Å²) >= 11 is 0. The molecule has 0 aliphatic rings. The van der Waals surface area contributed by atoms with Gasteiger partial charge in [0.25, 0.3) is 0 Å². The number of carbonyl (C=O) groups is 1. The van der Waals surface area contributed by atoms with Gasteiger partial charge in [0.15, 0.2) is 0 Å². The van der Waals surface area contributed by atoms with E-state index >= 15 is 0 Å². The molecule has 5 heteroatoms. The Morgan fingerprint density at radius 1 is 1.44 bits per heavy atom. The van der Waals surface area contributed by atoms with Crippen LogP contribution < -0.4 is 0 Å². The van der Waals surface area contributed by atoms with Gasteiger partial charge >= 0.3 is 5.97 Å². The number of benzene rings is 1. The molecule has 0 aliphatic carbocycles. The highest BCUT2D eigenvalue weighted by molar-refractivity contribution is 5.74. The SMILES string of the molecule is CCC(C(=O)OC)C(C)(O)c1c(F)cccc1F. The van der Waals surface area contributed by atoms with Gasteiger partial charge in [0.1, 0.15) is 17.2 Å². The summed E-state index contributed by atoms with van der Waals surface area (Å²) in [7, 11) is 1.17. The number of halogens is 2. The number of hydrogen-bond donors (Lipinski definition) is 1. The topological polar surface area (TPSA) is 46.5 Å². The van der Waals surface area contributed by atoms with Crippen LogP contribution in [0.3, 0.4) is 0 Å². The van der Waals surface area contributed by atoms with Crippen molar-refractivity contribution in [3.8, 4) is 0 Å². The van der Waals surface area contributed by atoms with Crippen LogP contribution in [0.15, 0.2) is 18.2 Å². The Kier molecular flexibility index (Phi) is 4.40. The van der Waals surface area contributed by atoms with E-state index in [1.165, 1.54) is 20.1 Å². The molecule has 18 heavy (non-hydrogen) atoms. The van der Waals surface area contributed by atoms with E-state index in [9.17, 15) is 18.7 Å². The Hall–Kier alpha value is -1.49. The fourth-order valence-electron chi connectivity index (χ4n) is 2.09. The summed E-state index contributed by atoms with van der Waals surface area (Å²) in [6.45, 7) is 2.84. The number of aliphatic hydroxyl groups is 1. The van der Waals surface area contributed by atoms with Crippen molar-refractivity contribution in [2.75, 3.05) is 7.11 Å². The summed E-state index contributed by atoms with van der Waals surface area (Å²) in [5.41, 5.74) is -2.47. The summed E-state index contributed by atoms with van der Waals surface area (Å²) in [5, 5.41) is 10.3. The highest BCUT2D eigenvalue weighted by Crippen LogP contribution is 2.35. The van der Waals surface area contributed by atoms with E-state index in [0.717, 1.165) is 12.1 Å². The molecule has 0 heterocycles. The first kappa shape index (κ1) is 14.6. The number of ether oxygens (including phenoxy) is 1. The van der Waals surface area contributed by atoms with E-state index in [-0.39, 0.29) is 6.42 Å². The first-order valence-electron chi connectivity index (χ1n) is 5.60. The molecule has 100 valence electrons. The largest absolute Gasteiger partial charge is 0.469 e. The Morgan fingerprint density at radius 2 is 1.94 bits per heavy atom. The number of esters is 1. The number of hydrogen-bond acceptors (Lipinski definition) is 3. The summed E-state index contributed by atoms with van der Waals surface area (Å²) in [5.74, 6) is -3.51. The van der Waals surface area contributed by atoms with Crippen molar-refractivity contribution in [1.82, 2.24) is 0 Å². The lowest BCUT2D eigenvalue weighted by Gasteiger charge is -2.31. The zero-order chi connectivity index (χ0) is 13.9. The zero-order valence-electron chi connectivity index (χ0n) is 10.5. The predicted molar refractivity (Wildman–Crippen MR) is 61.7 cm³/mol. The number of methoxy groups -OCH3 is 1. The Balaban J connectivity index is 3.31. The lowest BCUT2D eigenvalue weighted by Crippen LogP contribution is -2.39. The Morgan fingerprint density at radius 3 is 2.33 bits per heavy atom. The second-order valence-electron chi connectivity index (χ2n) is 4.23. The number of carbonyl (C=O) groups excluding carboxylic acids is 1. The molecule has 1 N–H and O–H groups in total. The van der Waals surface area contributed by atoms with Gasteiger partial charge in [-0.3, -0.25) is 4.79 Å². The third-order valence-corrected chi connectivity index (χ3v) is 3.04. The van der Waals surface area contributed by atoms with E-state index < -0.39 is 34.7 Å². The average molecular weight is 258 g/mol. The molecule has 0 saturated carbocycles. The van der Waals surface area contributed by atoms with Crippen LogP contribution in [-0.4, -0.2) is 18.2 Å². The van der Waals surface area contributed by atoms with E-state index in [1.807, 2.05) is 0 Å². The molecule has 0 bridgehead atoms. The van der Waals surface area contributed by atoms with Gasteiger partial charge in [-0.1, -0.05) is 13.0 Å². The number of rotatable bonds is 4. The third-order valence-electron chi connectivity index (χ3n) is 3.04. The molecule has 1 aromatic rings. The van der Waals surface area contributed by atoms with E-state index in [4.69, 9.17) is 0 Å². The molecular formula is C13H16F2O3. The summed E-state index contributed by atoms with van der Waals surface area (Å²) in [4.78, 5) is 11.6. The molecule has 2 unspecified atom stereocenters. The minimum Gasteiger partial charge on any atom is -0.469 e. The molecule has 1 rings (SSSR count). The molecule has 3 nitrogen and oxygen atoms in total. The van der Waals surface area contributed by atoms with Gasteiger partial charge in [-0.25, -0.2) is 8.78 Å². The predicted octanol–water partition coefficient (Wildman–Crippen LogP) is 2.37. The van der Waals surface area contributed by atoms with Gasteiger partial charge in [-0.05, 0) is 25.5 Å². The van der Waals surface area contributed by atoms with Gasteiger partial charge in [0.05, 0.1) is 18.6 Å². The fourth-order valence-corrected chi connectivity index (χ4v) is 2.09. The minimum atomic E-state index is -1.96. The molecule has 0 amide bonds. The van der Waals surface area contributed by atoms with Crippen molar-refractivity contribution < 1.29 is 23.4 Å². The molecule has 2 atom stereocenters. The van der Waals surface area contributed by atoms with Crippen LogP contribution in [0.2, 0.25) is 0 Å². The van der Waals surface area contributed by atoms with Crippen molar-refractivity contribution >= 4 is 5.97 Å². The lowest BCUT2D eigenvalue weighted by atomic mass is 9.80.